The molecule has 0 radical (unpaired) electrons. The van der Waals surface area contributed by atoms with Crippen LogP contribution < -0.4 is 10.6 Å². The third-order valence-corrected chi connectivity index (χ3v) is 6.04. The van der Waals surface area contributed by atoms with Crippen molar-refractivity contribution >= 4 is 41.7 Å². The van der Waals surface area contributed by atoms with E-state index in [1.165, 1.54) is 24.3 Å². The lowest BCUT2D eigenvalue weighted by molar-refractivity contribution is -0.183. The molecule has 0 unspecified atom stereocenters. The second kappa shape index (κ2) is 11.0. The lowest BCUT2D eigenvalue weighted by Gasteiger charge is -2.30. The van der Waals surface area contributed by atoms with Gasteiger partial charge in [-0.3, -0.25) is 4.99 Å². The molecule has 1 aliphatic carbocycles. The molecule has 0 bridgehead atoms. The summed E-state index contributed by atoms with van der Waals surface area (Å²) in [5.74, 6) is 3.18. The Labute approximate surface area is 164 Å². The number of alkyl halides is 3. The van der Waals surface area contributed by atoms with Crippen molar-refractivity contribution in [2.75, 3.05) is 31.6 Å². The van der Waals surface area contributed by atoms with Gasteiger partial charge in [0.25, 0.3) is 0 Å². The van der Waals surface area contributed by atoms with Gasteiger partial charge in [-0.15, -0.1) is 24.0 Å². The topological polar surface area (TPSA) is 36.4 Å². The fraction of sp³-hybridized carbons (Fsp3) is 0.938. The van der Waals surface area contributed by atoms with Crippen molar-refractivity contribution in [1.29, 1.82) is 0 Å². The number of nitrogens with zero attached hydrogens (tertiary/aromatic N) is 1. The fourth-order valence-electron chi connectivity index (χ4n) is 3.35. The number of halogens is 4. The van der Waals surface area contributed by atoms with Crippen LogP contribution in [0.25, 0.3) is 0 Å². The van der Waals surface area contributed by atoms with Crippen LogP contribution in [0.4, 0.5) is 13.2 Å². The van der Waals surface area contributed by atoms with Gasteiger partial charge < -0.3 is 10.6 Å². The Balaban J connectivity index is 0.00000288. The zero-order chi connectivity index (χ0) is 16.7. The third-order valence-electron chi connectivity index (χ3n) is 4.99. The van der Waals surface area contributed by atoms with E-state index in [1.54, 1.807) is 7.05 Å². The molecule has 0 spiro atoms. The average molecular weight is 479 g/mol. The van der Waals surface area contributed by atoms with Crippen LogP contribution in [-0.2, 0) is 0 Å². The Hall–Kier alpha value is 0.140. The first-order chi connectivity index (χ1) is 11.0. The molecule has 2 fully saturated rings. The van der Waals surface area contributed by atoms with E-state index in [-0.39, 0.29) is 36.8 Å². The van der Waals surface area contributed by atoms with E-state index in [4.69, 9.17) is 0 Å². The third kappa shape index (κ3) is 7.58. The van der Waals surface area contributed by atoms with E-state index >= 15 is 0 Å². The van der Waals surface area contributed by atoms with Crippen molar-refractivity contribution in [3.63, 3.8) is 0 Å². The predicted molar refractivity (Wildman–Crippen MR) is 106 cm³/mol. The number of thioether (sulfide) groups is 1. The number of nitrogens with one attached hydrogen (secondary N) is 2. The molecule has 0 amide bonds. The van der Waals surface area contributed by atoms with Gasteiger partial charge in [-0.1, -0.05) is 0 Å². The quantitative estimate of drug-likeness (QED) is 0.359. The summed E-state index contributed by atoms with van der Waals surface area (Å²) in [6, 6.07) is 0. The highest BCUT2D eigenvalue weighted by Gasteiger charge is 2.41. The Kier molecular flexibility index (Phi) is 10.1. The normalized spacial score (nSPS) is 26.6. The Bertz CT molecular complexity index is 379. The van der Waals surface area contributed by atoms with Crippen LogP contribution in [-0.4, -0.2) is 43.8 Å². The molecule has 8 heteroatoms. The van der Waals surface area contributed by atoms with Gasteiger partial charge in [0.2, 0.25) is 0 Å². The van der Waals surface area contributed by atoms with Crippen LogP contribution in [0.1, 0.15) is 38.5 Å². The van der Waals surface area contributed by atoms with Crippen LogP contribution in [0.5, 0.6) is 0 Å². The lowest BCUT2D eigenvalue weighted by Crippen LogP contribution is -2.43. The highest BCUT2D eigenvalue weighted by Crippen LogP contribution is 2.39. The summed E-state index contributed by atoms with van der Waals surface area (Å²) in [6.07, 6.45) is 0.297. The van der Waals surface area contributed by atoms with Crippen molar-refractivity contribution in [1.82, 2.24) is 10.6 Å². The molecule has 0 aromatic carbocycles. The van der Waals surface area contributed by atoms with Crippen LogP contribution >= 0.6 is 35.7 Å². The zero-order valence-electron chi connectivity index (χ0n) is 14.2. The minimum atomic E-state index is -4.02. The molecule has 142 valence electrons. The SMILES string of the molecule is CN=C(NCC1CCSCC1)NCC1CCC(C(F)(F)F)CC1.I. The van der Waals surface area contributed by atoms with E-state index in [0.717, 1.165) is 12.5 Å². The van der Waals surface area contributed by atoms with Crippen molar-refractivity contribution in [2.24, 2.45) is 22.7 Å². The first-order valence-electron chi connectivity index (χ1n) is 8.58. The molecule has 0 aromatic heterocycles. The smallest absolute Gasteiger partial charge is 0.356 e. The first-order valence-corrected chi connectivity index (χ1v) is 9.73. The summed E-state index contributed by atoms with van der Waals surface area (Å²) in [7, 11) is 1.74. The van der Waals surface area contributed by atoms with E-state index < -0.39 is 12.1 Å². The molecule has 2 rings (SSSR count). The maximum absolute atomic E-state index is 12.7. The molecule has 2 aliphatic rings. The largest absolute Gasteiger partial charge is 0.391 e. The van der Waals surface area contributed by atoms with Crippen molar-refractivity contribution < 1.29 is 13.2 Å². The van der Waals surface area contributed by atoms with Gasteiger partial charge in [0, 0.05) is 20.1 Å². The van der Waals surface area contributed by atoms with Gasteiger partial charge in [-0.05, 0) is 61.9 Å². The van der Waals surface area contributed by atoms with Gasteiger partial charge in [0.05, 0.1) is 5.92 Å². The number of guanidine groups is 1. The van der Waals surface area contributed by atoms with E-state index in [0.29, 0.717) is 31.2 Å². The van der Waals surface area contributed by atoms with E-state index in [1.807, 2.05) is 11.8 Å². The van der Waals surface area contributed by atoms with Crippen molar-refractivity contribution in [2.45, 2.75) is 44.7 Å². The van der Waals surface area contributed by atoms with E-state index in [9.17, 15) is 13.2 Å². The summed E-state index contributed by atoms with van der Waals surface area (Å²) < 4.78 is 38.0. The standard InChI is InChI=1S/C16H28F3N3S.HI/c1-20-15(22-11-13-6-8-23-9-7-13)21-10-12-2-4-14(5-3-12)16(17,18)19;/h12-14H,2-11H2,1H3,(H2,20,21,22);1H. The number of aliphatic imine (C=N–C) groups is 1. The van der Waals surface area contributed by atoms with Crippen LogP contribution in [0.15, 0.2) is 4.99 Å². The molecule has 1 heterocycles. The van der Waals surface area contributed by atoms with Crippen LogP contribution in [0.3, 0.4) is 0 Å². The highest BCUT2D eigenvalue weighted by atomic mass is 127. The summed E-state index contributed by atoms with van der Waals surface area (Å²) in [5, 5.41) is 6.65. The summed E-state index contributed by atoms with van der Waals surface area (Å²) >= 11 is 2.02. The molecule has 0 atom stereocenters. The molecule has 1 saturated carbocycles. The Morgan fingerprint density at radius 1 is 0.958 bits per heavy atom. The maximum atomic E-state index is 12.7. The summed E-state index contributed by atoms with van der Waals surface area (Å²) in [4.78, 5) is 4.22. The number of hydrogen-bond acceptors (Lipinski definition) is 2. The van der Waals surface area contributed by atoms with Gasteiger partial charge >= 0.3 is 6.18 Å². The van der Waals surface area contributed by atoms with Crippen molar-refractivity contribution in [3.05, 3.63) is 0 Å². The minimum Gasteiger partial charge on any atom is -0.356 e. The second-order valence-corrected chi connectivity index (χ2v) is 7.87. The Morgan fingerprint density at radius 3 is 1.92 bits per heavy atom. The molecule has 1 aliphatic heterocycles. The summed E-state index contributed by atoms with van der Waals surface area (Å²) in [6.45, 7) is 1.64. The van der Waals surface area contributed by atoms with Gasteiger partial charge in [0.1, 0.15) is 0 Å². The maximum Gasteiger partial charge on any atom is 0.391 e. The second-order valence-electron chi connectivity index (χ2n) is 6.65. The van der Waals surface area contributed by atoms with Crippen LogP contribution in [0, 0.1) is 17.8 Å². The molecular weight excluding hydrogens is 450 g/mol. The number of rotatable bonds is 4. The molecule has 2 N–H and O–H groups in total. The monoisotopic (exact) mass is 479 g/mol. The lowest BCUT2D eigenvalue weighted by atomic mass is 9.81. The van der Waals surface area contributed by atoms with Crippen molar-refractivity contribution in [3.8, 4) is 0 Å². The van der Waals surface area contributed by atoms with Crippen LogP contribution in [0.2, 0.25) is 0 Å². The van der Waals surface area contributed by atoms with Gasteiger partial charge in [-0.25, -0.2) is 0 Å². The minimum absolute atomic E-state index is 0. The molecule has 24 heavy (non-hydrogen) atoms. The van der Waals surface area contributed by atoms with E-state index in [2.05, 4.69) is 15.6 Å². The summed E-state index contributed by atoms with van der Waals surface area (Å²) in [5.41, 5.74) is 0. The fourth-order valence-corrected chi connectivity index (χ4v) is 4.55. The predicted octanol–water partition coefficient (Wildman–Crippen LogP) is 4.28. The highest BCUT2D eigenvalue weighted by molar-refractivity contribution is 14.0. The zero-order valence-corrected chi connectivity index (χ0v) is 17.3. The van der Waals surface area contributed by atoms with Gasteiger partial charge in [0.15, 0.2) is 5.96 Å². The first kappa shape index (κ1) is 22.2. The van der Waals surface area contributed by atoms with Gasteiger partial charge in [-0.2, -0.15) is 24.9 Å². The number of hydrogen-bond donors (Lipinski definition) is 2. The molecule has 0 aromatic rings. The molecule has 3 nitrogen and oxygen atoms in total. The molecule has 1 saturated heterocycles. The molecular formula is C16H29F3IN3S. The average Bonchev–Trinajstić information content (AvgIpc) is 2.55. The Morgan fingerprint density at radius 2 is 1.46 bits per heavy atom.